The van der Waals surface area contributed by atoms with Crippen LogP contribution in [0.2, 0.25) is 0 Å². The van der Waals surface area contributed by atoms with Gasteiger partial charge in [-0.3, -0.25) is 0 Å². The maximum Gasteiger partial charge on any atom is 0.0348 e. The van der Waals surface area contributed by atoms with Gasteiger partial charge in [0, 0.05) is 11.7 Å². The number of anilines is 1. The number of hydrogen-bond acceptors (Lipinski definition) is 1. The van der Waals surface area contributed by atoms with Gasteiger partial charge in [-0.1, -0.05) is 50.6 Å². The highest BCUT2D eigenvalue weighted by molar-refractivity contribution is 5.85. The van der Waals surface area contributed by atoms with Crippen LogP contribution in [0.5, 0.6) is 0 Å². The lowest BCUT2D eigenvalue weighted by molar-refractivity contribution is 0.313. The van der Waals surface area contributed by atoms with Crippen LogP contribution < -0.4 is 5.32 Å². The van der Waals surface area contributed by atoms with Gasteiger partial charge in [-0.15, -0.1) is 0 Å². The van der Waals surface area contributed by atoms with Crippen LogP contribution in [0.25, 0.3) is 10.8 Å². The molecule has 0 aliphatic heterocycles. The molecule has 1 heteroatoms. The van der Waals surface area contributed by atoms with Crippen molar-refractivity contribution in [1.29, 1.82) is 0 Å². The topological polar surface area (TPSA) is 12.0 Å². The lowest BCUT2D eigenvalue weighted by Crippen LogP contribution is -2.19. The number of hydrogen-bond donors (Lipinski definition) is 1. The van der Waals surface area contributed by atoms with Crippen molar-refractivity contribution in [2.24, 2.45) is 5.41 Å². The fourth-order valence-electron chi connectivity index (χ4n) is 3.32. The average molecular weight is 267 g/mol. The fourth-order valence-corrected chi connectivity index (χ4v) is 3.32. The Morgan fingerprint density at radius 2 is 1.75 bits per heavy atom. The Balaban J connectivity index is 1.72. The van der Waals surface area contributed by atoms with Crippen molar-refractivity contribution in [2.45, 2.75) is 52.0 Å². The molecular formula is C19H25N. The summed E-state index contributed by atoms with van der Waals surface area (Å²) in [6, 6.07) is 15.9. The molecule has 1 atom stereocenters. The Morgan fingerprint density at radius 1 is 0.950 bits per heavy atom. The molecule has 1 saturated carbocycles. The summed E-state index contributed by atoms with van der Waals surface area (Å²) in [5.74, 6) is 0. The second kappa shape index (κ2) is 5.47. The zero-order chi connectivity index (χ0) is 14.0. The second-order valence-electron chi connectivity index (χ2n) is 7.00. The van der Waals surface area contributed by atoms with Gasteiger partial charge in [-0.25, -0.2) is 0 Å². The van der Waals surface area contributed by atoms with Crippen LogP contribution in [0.3, 0.4) is 0 Å². The van der Waals surface area contributed by atoms with Crippen LogP contribution in [0, 0.1) is 5.41 Å². The van der Waals surface area contributed by atoms with Crippen molar-refractivity contribution in [3.8, 4) is 0 Å². The van der Waals surface area contributed by atoms with Crippen molar-refractivity contribution in [3.63, 3.8) is 0 Å². The molecule has 20 heavy (non-hydrogen) atoms. The predicted molar refractivity (Wildman–Crippen MR) is 88.2 cm³/mol. The van der Waals surface area contributed by atoms with E-state index in [4.69, 9.17) is 0 Å². The maximum atomic E-state index is 3.75. The summed E-state index contributed by atoms with van der Waals surface area (Å²) in [6.45, 7) is 4.82. The summed E-state index contributed by atoms with van der Waals surface area (Å²) in [5, 5.41) is 6.40. The van der Waals surface area contributed by atoms with E-state index in [-0.39, 0.29) is 0 Å². The van der Waals surface area contributed by atoms with Crippen LogP contribution in [0.1, 0.15) is 46.0 Å². The van der Waals surface area contributed by atoms with Crippen LogP contribution >= 0.6 is 0 Å². The van der Waals surface area contributed by atoms with E-state index in [1.165, 1.54) is 48.6 Å². The van der Waals surface area contributed by atoms with E-state index in [2.05, 4.69) is 61.6 Å². The molecule has 0 bridgehead atoms. The molecule has 0 amide bonds. The van der Waals surface area contributed by atoms with E-state index in [1.807, 2.05) is 0 Å². The molecule has 0 saturated heterocycles. The third-order valence-electron chi connectivity index (χ3n) is 4.70. The largest absolute Gasteiger partial charge is 0.382 e. The van der Waals surface area contributed by atoms with Gasteiger partial charge in [-0.05, 0) is 54.0 Å². The van der Waals surface area contributed by atoms with Gasteiger partial charge in [0.15, 0.2) is 0 Å². The molecule has 1 N–H and O–H groups in total. The summed E-state index contributed by atoms with van der Waals surface area (Å²) in [4.78, 5) is 0. The number of fused-ring (bicyclic) bond motifs is 1. The van der Waals surface area contributed by atoms with Crippen LogP contribution in [-0.2, 0) is 0 Å². The summed E-state index contributed by atoms with van der Waals surface area (Å²) < 4.78 is 0. The van der Waals surface area contributed by atoms with Crippen LogP contribution in [-0.4, -0.2) is 6.04 Å². The summed E-state index contributed by atoms with van der Waals surface area (Å²) in [6.07, 6.45) is 6.63. The van der Waals surface area contributed by atoms with Gasteiger partial charge in [0.1, 0.15) is 0 Å². The smallest absolute Gasteiger partial charge is 0.0348 e. The first-order valence-corrected chi connectivity index (χ1v) is 7.88. The maximum absolute atomic E-state index is 3.75. The van der Waals surface area contributed by atoms with Crippen LogP contribution in [0.4, 0.5) is 5.69 Å². The monoisotopic (exact) mass is 267 g/mol. The van der Waals surface area contributed by atoms with E-state index in [1.54, 1.807) is 0 Å². The second-order valence-corrected chi connectivity index (χ2v) is 7.00. The minimum atomic E-state index is 0.528. The lowest BCUT2D eigenvalue weighted by atomic mass is 9.85. The highest BCUT2D eigenvalue weighted by Gasteiger charge is 2.24. The molecule has 2 aromatic rings. The molecule has 0 aromatic heterocycles. The molecule has 1 fully saturated rings. The molecular weight excluding hydrogens is 242 g/mol. The Hall–Kier alpha value is -1.50. The summed E-state index contributed by atoms with van der Waals surface area (Å²) in [7, 11) is 0. The molecule has 1 nitrogen and oxygen atoms in total. The highest BCUT2D eigenvalue weighted by Crippen LogP contribution is 2.34. The number of benzene rings is 2. The van der Waals surface area contributed by atoms with Crippen molar-refractivity contribution < 1.29 is 0 Å². The van der Waals surface area contributed by atoms with E-state index < -0.39 is 0 Å². The molecule has 0 heterocycles. The summed E-state index contributed by atoms with van der Waals surface area (Å²) in [5.41, 5.74) is 1.80. The van der Waals surface area contributed by atoms with Gasteiger partial charge in [0.2, 0.25) is 0 Å². The molecule has 3 rings (SSSR count). The minimum absolute atomic E-state index is 0.528. The van der Waals surface area contributed by atoms with Gasteiger partial charge in [0.25, 0.3) is 0 Å². The van der Waals surface area contributed by atoms with Gasteiger partial charge >= 0.3 is 0 Å². The standard InChI is InChI=1S/C19H25N/c1-19(2)12-5-8-17(11-13-19)20-18-10-9-15-6-3-4-7-16(15)14-18/h3-4,6-7,9-10,14,17,20H,5,8,11-13H2,1-2H3. The van der Waals surface area contributed by atoms with Crippen LogP contribution in [0.15, 0.2) is 42.5 Å². The van der Waals surface area contributed by atoms with E-state index in [0.29, 0.717) is 11.5 Å². The van der Waals surface area contributed by atoms with Crippen molar-refractivity contribution in [3.05, 3.63) is 42.5 Å². The Kier molecular flexibility index (Phi) is 3.69. The highest BCUT2D eigenvalue weighted by atomic mass is 14.9. The Morgan fingerprint density at radius 3 is 2.60 bits per heavy atom. The van der Waals surface area contributed by atoms with Gasteiger partial charge < -0.3 is 5.32 Å². The number of nitrogens with one attached hydrogen (secondary N) is 1. The third-order valence-corrected chi connectivity index (χ3v) is 4.70. The first kappa shape index (κ1) is 13.5. The fraction of sp³-hybridized carbons (Fsp3) is 0.474. The van der Waals surface area contributed by atoms with Crippen molar-refractivity contribution in [2.75, 3.05) is 5.32 Å². The van der Waals surface area contributed by atoms with E-state index >= 15 is 0 Å². The normalized spacial score (nSPS) is 22.4. The first-order chi connectivity index (χ1) is 9.62. The predicted octanol–water partition coefficient (Wildman–Crippen LogP) is 5.61. The molecule has 106 valence electrons. The molecule has 1 unspecified atom stereocenters. The Labute approximate surface area is 122 Å². The molecule has 1 aliphatic rings. The zero-order valence-corrected chi connectivity index (χ0v) is 12.7. The first-order valence-electron chi connectivity index (χ1n) is 7.88. The minimum Gasteiger partial charge on any atom is -0.382 e. The molecule has 0 radical (unpaired) electrons. The Bertz CT molecular complexity index is 585. The lowest BCUT2D eigenvalue weighted by Gasteiger charge is -2.22. The van der Waals surface area contributed by atoms with Crippen molar-refractivity contribution >= 4 is 16.5 Å². The molecule has 2 aromatic carbocycles. The summed E-state index contributed by atoms with van der Waals surface area (Å²) >= 11 is 0. The van der Waals surface area contributed by atoms with E-state index in [0.717, 1.165) is 0 Å². The van der Waals surface area contributed by atoms with Gasteiger partial charge in [-0.2, -0.15) is 0 Å². The SMILES string of the molecule is CC1(C)CCCC(Nc2ccc3ccccc3c2)CC1. The quantitative estimate of drug-likeness (QED) is 0.697. The van der Waals surface area contributed by atoms with Crippen molar-refractivity contribution in [1.82, 2.24) is 0 Å². The number of rotatable bonds is 2. The third kappa shape index (κ3) is 3.15. The molecule has 0 spiro atoms. The van der Waals surface area contributed by atoms with Gasteiger partial charge in [0.05, 0.1) is 0 Å². The zero-order valence-electron chi connectivity index (χ0n) is 12.7. The average Bonchev–Trinajstić information content (AvgIpc) is 2.60. The van der Waals surface area contributed by atoms with E-state index in [9.17, 15) is 0 Å². The molecule has 1 aliphatic carbocycles.